The molecule has 10 heteroatoms. The van der Waals surface area contributed by atoms with E-state index < -0.39 is 17.5 Å². The van der Waals surface area contributed by atoms with E-state index in [-0.39, 0.29) is 45.8 Å². The second-order valence-corrected chi connectivity index (χ2v) is 7.90. The van der Waals surface area contributed by atoms with Crippen LogP contribution in [0, 0.1) is 26.6 Å². The number of benzene rings is 2. The number of halogens is 1. The molecule has 0 amide bonds. The van der Waals surface area contributed by atoms with Crippen LogP contribution < -0.4 is 16.2 Å². The number of aromatic hydroxyl groups is 1. The molecule has 0 bridgehead atoms. The second kappa shape index (κ2) is 8.31. The maximum atomic E-state index is 14.0. The fourth-order valence-electron chi connectivity index (χ4n) is 4.36. The Balaban J connectivity index is 2.23. The molecule has 2 heterocycles. The van der Waals surface area contributed by atoms with Gasteiger partial charge in [0.05, 0.1) is 23.9 Å². The fraction of sp³-hybridized carbons (Fsp3) is 0.208. The van der Waals surface area contributed by atoms with Crippen LogP contribution in [0.15, 0.2) is 24.3 Å². The molecule has 9 nitrogen and oxygen atoms in total. The Morgan fingerprint density at radius 1 is 1.18 bits per heavy atom. The van der Waals surface area contributed by atoms with Crippen LogP contribution in [0.3, 0.4) is 0 Å². The van der Waals surface area contributed by atoms with Gasteiger partial charge in [-0.05, 0) is 44.5 Å². The van der Waals surface area contributed by atoms with E-state index in [0.29, 0.717) is 17.3 Å². The average Bonchev–Trinajstić information content (AvgIpc) is 3.07. The minimum atomic E-state index is -1.28. The number of fused-ring (bicyclic) bond motifs is 1. The molecule has 0 aliphatic heterocycles. The average molecular weight is 465 g/mol. The van der Waals surface area contributed by atoms with E-state index in [9.17, 15) is 19.4 Å². The number of carboxylic acids is 1. The Hall–Kier alpha value is -4.18. The summed E-state index contributed by atoms with van der Waals surface area (Å²) in [5, 5.41) is 20.5. The van der Waals surface area contributed by atoms with Crippen molar-refractivity contribution in [3.8, 4) is 28.4 Å². The summed E-state index contributed by atoms with van der Waals surface area (Å²) >= 11 is 0. The first-order chi connectivity index (χ1) is 16.1. The van der Waals surface area contributed by atoms with Gasteiger partial charge in [0.1, 0.15) is 23.0 Å². The van der Waals surface area contributed by atoms with Crippen LogP contribution in [0.5, 0.6) is 11.5 Å². The third-order valence-electron chi connectivity index (χ3n) is 5.89. The highest BCUT2D eigenvalue weighted by Gasteiger charge is 2.29. The maximum absolute atomic E-state index is 14.0. The highest BCUT2D eigenvalue weighted by molar-refractivity contribution is 6.13. The van der Waals surface area contributed by atoms with E-state index >= 15 is 0 Å². The van der Waals surface area contributed by atoms with Crippen LogP contribution in [-0.4, -0.2) is 37.8 Å². The summed E-state index contributed by atoms with van der Waals surface area (Å²) < 4.78 is 21.1. The summed E-state index contributed by atoms with van der Waals surface area (Å²) in [6.07, 6.45) is 0. The van der Waals surface area contributed by atoms with Gasteiger partial charge >= 0.3 is 5.97 Å². The molecule has 0 fully saturated rings. The van der Waals surface area contributed by atoms with Crippen molar-refractivity contribution >= 4 is 22.8 Å². The number of phenolic OH excluding ortho intramolecular Hbond substituents is 1. The zero-order chi connectivity index (χ0) is 24.9. The van der Waals surface area contributed by atoms with Crippen LogP contribution in [-0.2, 0) is 6.54 Å². The number of nitrogens with two attached hydrogens (primary N) is 2. The number of methoxy groups -OCH3 is 1. The highest BCUT2D eigenvalue weighted by atomic mass is 19.1. The number of carbonyl (C=O) groups is 1. The van der Waals surface area contributed by atoms with Crippen LogP contribution in [0.1, 0.15) is 32.9 Å². The molecule has 0 atom stereocenters. The van der Waals surface area contributed by atoms with E-state index in [1.807, 2.05) is 26.0 Å². The van der Waals surface area contributed by atoms with E-state index in [0.717, 1.165) is 17.2 Å². The van der Waals surface area contributed by atoms with Gasteiger partial charge in [0, 0.05) is 23.2 Å². The normalized spacial score (nSPS) is 11.2. The molecule has 6 N–H and O–H groups in total. The Morgan fingerprint density at radius 2 is 1.88 bits per heavy atom. The number of aryl methyl sites for hydroxylation is 2. The number of phenols is 1. The molecular weight excluding hydrogens is 441 g/mol. The second-order valence-electron chi connectivity index (χ2n) is 7.90. The molecule has 2 aromatic heterocycles. The van der Waals surface area contributed by atoms with E-state index in [1.165, 1.54) is 6.07 Å². The molecular formula is C24H24FN5O4. The predicted molar refractivity (Wildman–Crippen MR) is 126 cm³/mol. The maximum Gasteiger partial charge on any atom is 0.340 e. The van der Waals surface area contributed by atoms with Gasteiger partial charge in [-0.1, -0.05) is 6.07 Å². The largest absolute Gasteiger partial charge is 0.505 e. The Bertz CT molecular complexity index is 1480. The molecule has 4 aromatic rings. The molecule has 34 heavy (non-hydrogen) atoms. The highest BCUT2D eigenvalue weighted by Crippen LogP contribution is 2.41. The number of nitrogens with zero attached hydrogens (tertiary/aromatic N) is 3. The summed E-state index contributed by atoms with van der Waals surface area (Å²) in [7, 11) is 1.54. The molecule has 0 unspecified atom stereocenters. The number of aromatic nitrogens is 3. The third kappa shape index (κ3) is 3.30. The number of anilines is 1. The van der Waals surface area contributed by atoms with Crippen molar-refractivity contribution < 1.29 is 24.1 Å². The Kier molecular flexibility index (Phi) is 5.62. The van der Waals surface area contributed by atoms with Crippen molar-refractivity contribution in [1.82, 2.24) is 14.5 Å². The molecule has 0 aliphatic rings. The van der Waals surface area contributed by atoms with Gasteiger partial charge in [-0.15, -0.1) is 0 Å². The molecule has 0 aliphatic carbocycles. The lowest BCUT2D eigenvalue weighted by molar-refractivity contribution is 0.0700. The standard InChI is InChI=1S/C24H24FN5O4/c1-10-5-8-16(34-4)11(2)20(10)30-22(27)18(24(32)33)17-19(28-12(3)29-23(17)30)13-6-7-15(25)21(31)14(13)9-26/h5-8,31H,9,26-27H2,1-4H3,(H,32,33). The SMILES string of the molecule is COc1ccc(C)c(-n2c(N)c(C(=O)O)c3c(-c4ccc(F)c(O)c4CN)nc(C)nc32)c1C. The zero-order valence-corrected chi connectivity index (χ0v) is 19.1. The van der Waals surface area contributed by atoms with Crippen molar-refractivity contribution in [1.29, 1.82) is 0 Å². The summed E-state index contributed by atoms with van der Waals surface area (Å²) in [6.45, 7) is 5.16. The van der Waals surface area contributed by atoms with Crippen molar-refractivity contribution in [2.75, 3.05) is 12.8 Å². The summed E-state index contributed by atoms with van der Waals surface area (Å²) in [5.74, 6) is -1.88. The van der Waals surface area contributed by atoms with Crippen LogP contribution in [0.4, 0.5) is 10.2 Å². The van der Waals surface area contributed by atoms with Gasteiger partial charge in [-0.3, -0.25) is 4.57 Å². The van der Waals surface area contributed by atoms with Gasteiger partial charge in [0.25, 0.3) is 0 Å². The first-order valence-corrected chi connectivity index (χ1v) is 10.4. The smallest absolute Gasteiger partial charge is 0.340 e. The Labute approximate surface area is 194 Å². The van der Waals surface area contributed by atoms with E-state index in [1.54, 1.807) is 18.6 Å². The minimum Gasteiger partial charge on any atom is -0.505 e. The van der Waals surface area contributed by atoms with Crippen molar-refractivity contribution in [2.45, 2.75) is 27.3 Å². The molecule has 176 valence electrons. The zero-order valence-electron chi connectivity index (χ0n) is 19.1. The number of ether oxygens (including phenoxy) is 1. The monoisotopic (exact) mass is 465 g/mol. The number of carboxylic acid groups (broad SMARTS) is 1. The van der Waals surface area contributed by atoms with Crippen molar-refractivity contribution in [2.24, 2.45) is 5.73 Å². The lowest BCUT2D eigenvalue weighted by atomic mass is 9.99. The molecule has 2 aromatic carbocycles. The predicted octanol–water partition coefficient (Wildman–Crippen LogP) is 3.61. The molecule has 4 rings (SSSR count). The number of aromatic carboxylic acids is 1. The lowest BCUT2D eigenvalue weighted by Crippen LogP contribution is -2.08. The van der Waals surface area contributed by atoms with Crippen LogP contribution >= 0.6 is 0 Å². The van der Waals surface area contributed by atoms with Gasteiger partial charge < -0.3 is 26.4 Å². The molecule has 0 spiro atoms. The number of rotatable bonds is 5. The summed E-state index contributed by atoms with van der Waals surface area (Å²) in [4.78, 5) is 21.4. The summed E-state index contributed by atoms with van der Waals surface area (Å²) in [6, 6.07) is 6.13. The van der Waals surface area contributed by atoms with E-state index in [2.05, 4.69) is 9.97 Å². The van der Waals surface area contributed by atoms with Crippen LogP contribution in [0.25, 0.3) is 28.0 Å². The Morgan fingerprint density at radius 3 is 2.50 bits per heavy atom. The minimum absolute atomic E-state index is 0.0521. The number of nitrogen functional groups attached to an aromatic ring is 1. The van der Waals surface area contributed by atoms with Crippen molar-refractivity contribution in [3.63, 3.8) is 0 Å². The van der Waals surface area contributed by atoms with Gasteiger partial charge in [-0.2, -0.15) is 0 Å². The topological polar surface area (TPSA) is 150 Å². The number of hydrogen-bond acceptors (Lipinski definition) is 7. The van der Waals surface area contributed by atoms with Crippen molar-refractivity contribution in [3.05, 3.63) is 58.2 Å². The van der Waals surface area contributed by atoms with Gasteiger partial charge in [-0.25, -0.2) is 19.2 Å². The lowest BCUT2D eigenvalue weighted by Gasteiger charge is -2.17. The third-order valence-corrected chi connectivity index (χ3v) is 5.89. The number of hydrogen-bond donors (Lipinski definition) is 4. The van der Waals surface area contributed by atoms with Gasteiger partial charge in [0.2, 0.25) is 0 Å². The molecule has 0 radical (unpaired) electrons. The summed E-state index contributed by atoms with van der Waals surface area (Å²) in [5.41, 5.74) is 15.0. The quantitative estimate of drug-likeness (QED) is 0.349. The molecule has 0 saturated heterocycles. The first kappa shape index (κ1) is 23.0. The van der Waals surface area contributed by atoms with Gasteiger partial charge in [0.15, 0.2) is 17.2 Å². The fourth-order valence-corrected chi connectivity index (χ4v) is 4.36. The first-order valence-electron chi connectivity index (χ1n) is 10.4. The van der Waals surface area contributed by atoms with Crippen LogP contribution in [0.2, 0.25) is 0 Å². The van der Waals surface area contributed by atoms with E-state index in [4.69, 9.17) is 16.2 Å². The molecule has 0 saturated carbocycles.